The molecule has 0 spiro atoms. The molecule has 1 aromatic carbocycles. The number of ketones is 1. The van der Waals surface area contributed by atoms with E-state index in [0.717, 1.165) is 24.2 Å². The average Bonchev–Trinajstić information content (AvgIpc) is 2.82. The highest BCUT2D eigenvalue weighted by Gasteiger charge is 2.30. The molecule has 17 heavy (non-hydrogen) atoms. The summed E-state index contributed by atoms with van der Waals surface area (Å²) in [6.45, 7) is 0. The van der Waals surface area contributed by atoms with Crippen LogP contribution in [0.15, 0.2) is 41.0 Å². The van der Waals surface area contributed by atoms with Gasteiger partial charge in [0.25, 0.3) is 0 Å². The van der Waals surface area contributed by atoms with Crippen molar-refractivity contribution < 1.29 is 14.3 Å². The second kappa shape index (κ2) is 3.77. The fourth-order valence-corrected chi connectivity index (χ4v) is 2.41. The van der Waals surface area contributed by atoms with Crippen molar-refractivity contribution >= 4 is 5.78 Å². The van der Waals surface area contributed by atoms with Gasteiger partial charge in [-0.2, -0.15) is 0 Å². The molecule has 1 heterocycles. The van der Waals surface area contributed by atoms with Gasteiger partial charge in [0, 0.05) is 5.56 Å². The van der Waals surface area contributed by atoms with E-state index in [0.29, 0.717) is 5.56 Å². The van der Waals surface area contributed by atoms with Crippen molar-refractivity contribution in [3.8, 4) is 5.75 Å². The molecular weight excluding hydrogens is 216 g/mol. The van der Waals surface area contributed by atoms with Crippen molar-refractivity contribution in [3.05, 3.63) is 53.5 Å². The van der Waals surface area contributed by atoms with Gasteiger partial charge in [0.15, 0.2) is 5.78 Å². The molecule has 0 saturated heterocycles. The van der Waals surface area contributed by atoms with E-state index in [4.69, 9.17) is 4.42 Å². The van der Waals surface area contributed by atoms with E-state index >= 15 is 0 Å². The molecule has 0 amide bonds. The van der Waals surface area contributed by atoms with Crippen LogP contribution in [0.5, 0.6) is 5.75 Å². The summed E-state index contributed by atoms with van der Waals surface area (Å²) in [5.41, 5.74) is 1.63. The Balaban J connectivity index is 2.01. The van der Waals surface area contributed by atoms with Crippen LogP contribution >= 0.6 is 0 Å². The van der Waals surface area contributed by atoms with Crippen LogP contribution in [-0.4, -0.2) is 10.9 Å². The van der Waals surface area contributed by atoms with Crippen LogP contribution in [0.1, 0.15) is 34.0 Å². The molecule has 0 bridgehead atoms. The van der Waals surface area contributed by atoms with Gasteiger partial charge in [0.1, 0.15) is 11.5 Å². The quantitative estimate of drug-likeness (QED) is 0.816. The van der Waals surface area contributed by atoms with Crippen molar-refractivity contribution in [3.63, 3.8) is 0 Å². The first-order valence-electron chi connectivity index (χ1n) is 5.65. The third kappa shape index (κ3) is 1.64. The summed E-state index contributed by atoms with van der Waals surface area (Å²) in [4.78, 5) is 12.3. The normalized spacial score (nSPS) is 19.1. The predicted octanol–water partition coefficient (Wildman–Crippen LogP) is 2.90. The summed E-state index contributed by atoms with van der Waals surface area (Å²) in [6, 6.07) is 8.57. The molecule has 1 atom stereocenters. The first-order chi connectivity index (χ1) is 8.25. The SMILES string of the molecule is O=C1c2ccc(O)cc2CCC1c1ccco1. The lowest BCUT2D eigenvalue weighted by Crippen LogP contribution is -2.20. The number of aryl methyl sites for hydroxylation is 1. The number of phenolic OH excluding ortho intramolecular Hbond substituents is 1. The average molecular weight is 228 g/mol. The lowest BCUT2D eigenvalue weighted by Gasteiger charge is -2.21. The Bertz CT molecular complexity index is 555. The molecular formula is C14H12O3. The van der Waals surface area contributed by atoms with Crippen molar-refractivity contribution in [2.45, 2.75) is 18.8 Å². The molecule has 1 aliphatic rings. The smallest absolute Gasteiger partial charge is 0.173 e. The zero-order valence-electron chi connectivity index (χ0n) is 9.22. The number of carbonyl (C=O) groups is 1. The summed E-state index contributed by atoms with van der Waals surface area (Å²) < 4.78 is 5.31. The van der Waals surface area contributed by atoms with Crippen molar-refractivity contribution in [2.24, 2.45) is 0 Å². The van der Waals surface area contributed by atoms with E-state index in [9.17, 15) is 9.90 Å². The number of carbonyl (C=O) groups excluding carboxylic acids is 1. The summed E-state index contributed by atoms with van der Waals surface area (Å²) >= 11 is 0. The number of fused-ring (bicyclic) bond motifs is 1. The Labute approximate surface area is 98.7 Å². The Morgan fingerprint density at radius 2 is 2.18 bits per heavy atom. The van der Waals surface area contributed by atoms with E-state index in [-0.39, 0.29) is 17.5 Å². The van der Waals surface area contributed by atoms with E-state index in [1.54, 1.807) is 30.5 Å². The fourth-order valence-electron chi connectivity index (χ4n) is 2.41. The van der Waals surface area contributed by atoms with Gasteiger partial charge in [-0.1, -0.05) is 0 Å². The van der Waals surface area contributed by atoms with Gasteiger partial charge in [-0.25, -0.2) is 0 Å². The highest BCUT2D eigenvalue weighted by atomic mass is 16.3. The zero-order valence-corrected chi connectivity index (χ0v) is 9.22. The monoisotopic (exact) mass is 228 g/mol. The Morgan fingerprint density at radius 3 is 2.94 bits per heavy atom. The second-order valence-electron chi connectivity index (χ2n) is 4.31. The lowest BCUT2D eigenvalue weighted by molar-refractivity contribution is 0.0935. The molecule has 1 unspecified atom stereocenters. The maximum Gasteiger partial charge on any atom is 0.173 e. The van der Waals surface area contributed by atoms with Crippen LogP contribution in [0.2, 0.25) is 0 Å². The van der Waals surface area contributed by atoms with Crippen LogP contribution in [0, 0.1) is 0 Å². The first kappa shape index (κ1) is 10.1. The number of aromatic hydroxyl groups is 1. The number of hydrogen-bond acceptors (Lipinski definition) is 3. The van der Waals surface area contributed by atoms with E-state index in [1.807, 2.05) is 6.07 Å². The maximum absolute atomic E-state index is 12.3. The zero-order chi connectivity index (χ0) is 11.8. The van der Waals surface area contributed by atoms with Crippen LogP contribution < -0.4 is 0 Å². The molecule has 3 heteroatoms. The highest BCUT2D eigenvalue weighted by Crippen LogP contribution is 2.34. The minimum Gasteiger partial charge on any atom is -0.508 e. The second-order valence-corrected chi connectivity index (χ2v) is 4.31. The fraction of sp³-hybridized carbons (Fsp3) is 0.214. The Hall–Kier alpha value is -2.03. The summed E-state index contributed by atoms with van der Waals surface area (Å²) in [6.07, 6.45) is 3.12. The number of rotatable bonds is 1. The molecule has 0 saturated carbocycles. The Kier molecular flexibility index (Phi) is 2.25. The van der Waals surface area contributed by atoms with Gasteiger partial charge >= 0.3 is 0 Å². The van der Waals surface area contributed by atoms with Crippen LogP contribution in [-0.2, 0) is 6.42 Å². The van der Waals surface area contributed by atoms with Gasteiger partial charge in [-0.05, 0) is 48.7 Å². The Morgan fingerprint density at radius 1 is 1.29 bits per heavy atom. The van der Waals surface area contributed by atoms with Crippen molar-refractivity contribution in [2.75, 3.05) is 0 Å². The summed E-state index contributed by atoms with van der Waals surface area (Å²) in [5.74, 6) is 0.852. The number of phenols is 1. The maximum atomic E-state index is 12.3. The molecule has 3 nitrogen and oxygen atoms in total. The number of furan rings is 1. The van der Waals surface area contributed by atoms with Gasteiger partial charge in [-0.3, -0.25) is 4.79 Å². The lowest BCUT2D eigenvalue weighted by atomic mass is 9.81. The number of Topliss-reactive ketones (excluding diaryl/α,β-unsaturated/α-hetero) is 1. The van der Waals surface area contributed by atoms with Crippen LogP contribution in [0.4, 0.5) is 0 Å². The molecule has 1 N–H and O–H groups in total. The van der Waals surface area contributed by atoms with Gasteiger partial charge < -0.3 is 9.52 Å². The summed E-state index contributed by atoms with van der Waals surface area (Å²) in [7, 11) is 0. The molecule has 0 radical (unpaired) electrons. The van der Waals surface area contributed by atoms with Crippen LogP contribution in [0.25, 0.3) is 0 Å². The van der Waals surface area contributed by atoms with Gasteiger partial charge in [-0.15, -0.1) is 0 Å². The summed E-state index contributed by atoms with van der Waals surface area (Å²) in [5, 5.41) is 9.39. The molecule has 0 fully saturated rings. The van der Waals surface area contributed by atoms with E-state index in [1.165, 1.54) is 0 Å². The third-order valence-electron chi connectivity index (χ3n) is 3.26. The van der Waals surface area contributed by atoms with Gasteiger partial charge in [0.2, 0.25) is 0 Å². The van der Waals surface area contributed by atoms with E-state index in [2.05, 4.69) is 0 Å². The van der Waals surface area contributed by atoms with E-state index < -0.39 is 0 Å². The standard InChI is InChI=1S/C14H12O3/c15-10-4-6-11-9(8-10)3-5-12(14(11)16)13-2-1-7-17-13/h1-2,4,6-8,12,15H,3,5H2. The minimum atomic E-state index is -0.179. The molecule has 3 rings (SSSR count). The number of hydrogen-bond donors (Lipinski definition) is 1. The molecule has 86 valence electrons. The third-order valence-corrected chi connectivity index (χ3v) is 3.26. The minimum absolute atomic E-state index is 0.0844. The highest BCUT2D eigenvalue weighted by molar-refractivity contribution is 6.03. The molecule has 1 aliphatic carbocycles. The van der Waals surface area contributed by atoms with Crippen LogP contribution in [0.3, 0.4) is 0 Å². The largest absolute Gasteiger partial charge is 0.508 e. The van der Waals surface area contributed by atoms with Crippen molar-refractivity contribution in [1.82, 2.24) is 0 Å². The topological polar surface area (TPSA) is 50.4 Å². The van der Waals surface area contributed by atoms with Crippen molar-refractivity contribution in [1.29, 1.82) is 0 Å². The first-order valence-corrected chi connectivity index (χ1v) is 5.65. The molecule has 0 aliphatic heterocycles. The molecule has 1 aromatic heterocycles. The number of benzene rings is 1. The van der Waals surface area contributed by atoms with Gasteiger partial charge in [0.05, 0.1) is 12.2 Å². The predicted molar refractivity (Wildman–Crippen MR) is 62.2 cm³/mol. The molecule has 2 aromatic rings.